The summed E-state index contributed by atoms with van der Waals surface area (Å²) in [6.45, 7) is 7.32. The number of nitrogens with two attached hydrogens (primary N) is 1. The summed E-state index contributed by atoms with van der Waals surface area (Å²) in [6.07, 6.45) is 6.59. The van der Waals surface area contributed by atoms with Gasteiger partial charge in [0.05, 0.1) is 5.39 Å². The topological polar surface area (TPSA) is 109 Å². The summed E-state index contributed by atoms with van der Waals surface area (Å²) < 4.78 is 7.10. The largest absolute Gasteiger partial charge is 0.459 e. The summed E-state index contributed by atoms with van der Waals surface area (Å²) in [7, 11) is 0. The number of fused-ring (bicyclic) bond motifs is 1. The van der Waals surface area contributed by atoms with Gasteiger partial charge in [-0.15, -0.1) is 0 Å². The van der Waals surface area contributed by atoms with Crippen LogP contribution in [0.4, 0.5) is 5.82 Å². The third kappa shape index (κ3) is 3.57. The zero-order valence-corrected chi connectivity index (χ0v) is 14.6. The molecule has 0 unspecified atom stereocenters. The molecule has 0 saturated carbocycles. The minimum atomic E-state index is -0.554. The van der Waals surface area contributed by atoms with E-state index in [1.54, 1.807) is 23.2 Å². The lowest BCUT2D eigenvalue weighted by atomic mass is 10.1. The van der Waals surface area contributed by atoms with Crippen molar-refractivity contribution in [2.24, 2.45) is 0 Å². The molecule has 0 atom stereocenters. The standard InChI is InChI=1S/C17H20N6O2/c1-10-19-5-11(6-20-10)12-7-23(8-13(24)25-17(2,3)4)16-14(12)15(18)21-9-22-16/h5-7,9H,8H2,1-4H3,(H2,18,21,22). The number of rotatable bonds is 3. The van der Waals surface area contributed by atoms with Crippen LogP contribution in [0, 0.1) is 6.92 Å². The lowest BCUT2D eigenvalue weighted by Crippen LogP contribution is -2.26. The molecule has 3 aromatic rings. The van der Waals surface area contributed by atoms with Gasteiger partial charge in [0.2, 0.25) is 0 Å². The summed E-state index contributed by atoms with van der Waals surface area (Å²) in [5.41, 5.74) is 7.61. The predicted molar refractivity (Wildman–Crippen MR) is 93.5 cm³/mol. The van der Waals surface area contributed by atoms with Gasteiger partial charge in [0.1, 0.15) is 35.8 Å². The zero-order valence-electron chi connectivity index (χ0n) is 14.6. The molecule has 3 heterocycles. The SMILES string of the molecule is Cc1ncc(-c2cn(CC(=O)OC(C)(C)C)c3ncnc(N)c23)cn1. The van der Waals surface area contributed by atoms with Gasteiger partial charge >= 0.3 is 5.97 Å². The van der Waals surface area contributed by atoms with E-state index < -0.39 is 5.60 Å². The Labute approximate surface area is 145 Å². The van der Waals surface area contributed by atoms with Crippen LogP contribution in [0.5, 0.6) is 0 Å². The minimum Gasteiger partial charge on any atom is -0.459 e. The number of ether oxygens (including phenoxy) is 1. The number of aryl methyl sites for hydroxylation is 1. The Bertz CT molecular complexity index is 925. The van der Waals surface area contributed by atoms with Crippen LogP contribution in [0.25, 0.3) is 22.2 Å². The molecule has 0 bridgehead atoms. The average molecular weight is 340 g/mol. The van der Waals surface area contributed by atoms with Gasteiger partial charge in [-0.2, -0.15) is 0 Å². The first-order valence-corrected chi connectivity index (χ1v) is 7.85. The zero-order chi connectivity index (χ0) is 18.2. The summed E-state index contributed by atoms with van der Waals surface area (Å²) in [6, 6.07) is 0. The van der Waals surface area contributed by atoms with Crippen molar-refractivity contribution in [2.45, 2.75) is 39.8 Å². The number of hydrogen-bond donors (Lipinski definition) is 1. The molecule has 0 amide bonds. The van der Waals surface area contributed by atoms with Crippen LogP contribution >= 0.6 is 0 Å². The minimum absolute atomic E-state index is 0.0247. The highest BCUT2D eigenvalue weighted by Gasteiger charge is 2.20. The van der Waals surface area contributed by atoms with E-state index in [-0.39, 0.29) is 12.5 Å². The molecular weight excluding hydrogens is 320 g/mol. The van der Waals surface area contributed by atoms with Crippen LogP contribution in [-0.4, -0.2) is 36.1 Å². The van der Waals surface area contributed by atoms with E-state index in [9.17, 15) is 4.79 Å². The van der Waals surface area contributed by atoms with Gasteiger partial charge in [-0.1, -0.05) is 0 Å². The Hall–Kier alpha value is -3.03. The van der Waals surface area contributed by atoms with E-state index in [4.69, 9.17) is 10.5 Å². The molecule has 0 aliphatic rings. The number of nitrogens with zero attached hydrogens (tertiary/aromatic N) is 5. The van der Waals surface area contributed by atoms with E-state index in [0.717, 1.165) is 11.1 Å². The quantitative estimate of drug-likeness (QED) is 0.727. The number of hydrogen-bond acceptors (Lipinski definition) is 7. The second-order valence-electron chi connectivity index (χ2n) is 6.73. The van der Waals surface area contributed by atoms with Crippen molar-refractivity contribution in [1.29, 1.82) is 0 Å². The Kier molecular flexibility index (Phi) is 4.12. The number of anilines is 1. The van der Waals surface area contributed by atoms with Gasteiger partial charge in [-0.25, -0.2) is 19.9 Å². The van der Waals surface area contributed by atoms with E-state index in [0.29, 0.717) is 22.7 Å². The maximum Gasteiger partial charge on any atom is 0.326 e. The molecule has 0 radical (unpaired) electrons. The molecule has 0 saturated heterocycles. The molecule has 3 rings (SSSR count). The first kappa shape index (κ1) is 16.8. The predicted octanol–water partition coefficient (Wildman–Crippen LogP) is 2.12. The van der Waals surface area contributed by atoms with Crippen LogP contribution in [0.2, 0.25) is 0 Å². The molecule has 0 aromatic carbocycles. The van der Waals surface area contributed by atoms with Crippen LogP contribution in [-0.2, 0) is 16.1 Å². The summed E-state index contributed by atoms with van der Waals surface area (Å²) in [5, 5.41) is 0.665. The second kappa shape index (κ2) is 6.12. The van der Waals surface area contributed by atoms with E-state index in [2.05, 4.69) is 19.9 Å². The Morgan fingerprint density at radius 2 is 1.88 bits per heavy atom. The van der Waals surface area contributed by atoms with Crippen molar-refractivity contribution >= 4 is 22.8 Å². The van der Waals surface area contributed by atoms with Crippen molar-refractivity contribution in [2.75, 3.05) is 5.73 Å². The van der Waals surface area contributed by atoms with Gasteiger partial charge in [0.15, 0.2) is 0 Å². The summed E-state index contributed by atoms with van der Waals surface area (Å²) >= 11 is 0. The third-order valence-electron chi connectivity index (χ3n) is 3.49. The highest BCUT2D eigenvalue weighted by Crippen LogP contribution is 2.32. The average Bonchev–Trinajstić information content (AvgIpc) is 2.86. The van der Waals surface area contributed by atoms with Gasteiger partial charge < -0.3 is 15.0 Å². The van der Waals surface area contributed by atoms with Gasteiger partial charge in [0.25, 0.3) is 0 Å². The van der Waals surface area contributed by atoms with Crippen molar-refractivity contribution in [3.63, 3.8) is 0 Å². The first-order valence-electron chi connectivity index (χ1n) is 7.85. The number of aromatic nitrogens is 5. The second-order valence-corrected chi connectivity index (χ2v) is 6.73. The van der Waals surface area contributed by atoms with Crippen molar-refractivity contribution in [1.82, 2.24) is 24.5 Å². The van der Waals surface area contributed by atoms with Gasteiger partial charge in [-0.3, -0.25) is 4.79 Å². The molecule has 0 aliphatic heterocycles. The van der Waals surface area contributed by atoms with Crippen molar-refractivity contribution < 1.29 is 9.53 Å². The molecule has 3 aromatic heterocycles. The fraction of sp³-hybridized carbons (Fsp3) is 0.353. The number of carbonyl (C=O) groups excluding carboxylic acids is 1. The molecule has 0 spiro atoms. The van der Waals surface area contributed by atoms with Crippen LogP contribution < -0.4 is 5.73 Å². The first-order chi connectivity index (χ1) is 11.7. The highest BCUT2D eigenvalue weighted by atomic mass is 16.6. The molecule has 0 aliphatic carbocycles. The van der Waals surface area contributed by atoms with Crippen LogP contribution in [0.1, 0.15) is 26.6 Å². The smallest absolute Gasteiger partial charge is 0.326 e. The lowest BCUT2D eigenvalue weighted by Gasteiger charge is -2.19. The normalized spacial score (nSPS) is 11.7. The number of esters is 1. The van der Waals surface area contributed by atoms with E-state index in [1.165, 1.54) is 6.33 Å². The van der Waals surface area contributed by atoms with Crippen molar-refractivity contribution in [3.8, 4) is 11.1 Å². The van der Waals surface area contributed by atoms with Gasteiger partial charge in [0, 0.05) is 29.7 Å². The lowest BCUT2D eigenvalue weighted by molar-refractivity contribution is -0.155. The summed E-state index contributed by atoms with van der Waals surface area (Å²) in [5.74, 6) is 0.655. The Morgan fingerprint density at radius 3 is 2.52 bits per heavy atom. The van der Waals surface area contributed by atoms with Crippen LogP contribution in [0.15, 0.2) is 24.9 Å². The fourth-order valence-electron chi connectivity index (χ4n) is 2.53. The molecular formula is C17H20N6O2. The number of carbonyl (C=O) groups is 1. The monoisotopic (exact) mass is 340 g/mol. The Morgan fingerprint density at radius 1 is 1.20 bits per heavy atom. The molecule has 2 N–H and O–H groups in total. The van der Waals surface area contributed by atoms with E-state index >= 15 is 0 Å². The number of nitrogen functional groups attached to an aromatic ring is 1. The maximum absolute atomic E-state index is 12.2. The van der Waals surface area contributed by atoms with E-state index in [1.807, 2.05) is 27.7 Å². The Balaban J connectivity index is 2.07. The molecule has 8 heteroatoms. The molecule has 25 heavy (non-hydrogen) atoms. The molecule has 0 fully saturated rings. The van der Waals surface area contributed by atoms with Crippen LogP contribution in [0.3, 0.4) is 0 Å². The summed E-state index contributed by atoms with van der Waals surface area (Å²) in [4.78, 5) is 29.0. The molecule has 8 nitrogen and oxygen atoms in total. The van der Waals surface area contributed by atoms with Gasteiger partial charge in [-0.05, 0) is 27.7 Å². The van der Waals surface area contributed by atoms with Crippen molar-refractivity contribution in [3.05, 3.63) is 30.7 Å². The highest BCUT2D eigenvalue weighted by molar-refractivity contribution is 6.00. The molecule has 130 valence electrons. The maximum atomic E-state index is 12.2. The third-order valence-corrected chi connectivity index (χ3v) is 3.49. The fourth-order valence-corrected chi connectivity index (χ4v) is 2.53.